The van der Waals surface area contributed by atoms with E-state index in [1.165, 1.54) is 54.1 Å². The first-order valence-corrected chi connectivity index (χ1v) is 13.2. The van der Waals surface area contributed by atoms with Crippen molar-refractivity contribution in [2.24, 2.45) is 10.9 Å². The monoisotopic (exact) mass is 548 g/mol. The molecule has 2 aliphatic heterocycles. The van der Waals surface area contributed by atoms with Gasteiger partial charge < -0.3 is 27.1 Å². The van der Waals surface area contributed by atoms with Crippen LogP contribution in [0.5, 0.6) is 0 Å². The van der Waals surface area contributed by atoms with Crippen molar-refractivity contribution in [3.05, 3.63) is 46.9 Å². The second-order valence-electron chi connectivity index (χ2n) is 7.24. The molecule has 0 spiro atoms. The first kappa shape index (κ1) is 25.7. The van der Waals surface area contributed by atoms with Crippen molar-refractivity contribution < 1.29 is 24.7 Å². The van der Waals surface area contributed by atoms with Gasteiger partial charge >= 0.3 is 5.97 Å². The van der Waals surface area contributed by atoms with Crippen LogP contribution in [-0.2, 0) is 14.4 Å². The molecule has 2 atom stereocenters. The molecule has 2 aliphatic rings. The van der Waals surface area contributed by atoms with Gasteiger partial charge in [0.05, 0.1) is 0 Å². The normalized spacial score (nSPS) is 19.5. The Balaban J connectivity index is 1.53. The fourth-order valence-electron chi connectivity index (χ4n) is 3.43. The number of carboxylic acid groups (broad SMARTS) is 1. The number of carboxylic acids is 1. The molecule has 2 aromatic heterocycles. The minimum atomic E-state index is -1.28. The number of carbonyl (C=O) groups excluding carboxylic acids is 2. The lowest BCUT2D eigenvalue weighted by Crippen LogP contribution is -2.71. The number of nitrogens with one attached hydrogen (secondary N) is 1. The third-order valence-electron chi connectivity index (χ3n) is 4.96. The van der Waals surface area contributed by atoms with Crippen LogP contribution in [0.15, 0.2) is 56.4 Å². The fraction of sp³-hybridized carbons (Fsp3) is 0.250. The van der Waals surface area contributed by atoms with E-state index >= 15 is 0 Å². The van der Waals surface area contributed by atoms with Gasteiger partial charge in [-0.3, -0.25) is 14.5 Å². The number of thioether (sulfide) groups is 3. The zero-order chi connectivity index (χ0) is 25.8. The Labute approximate surface area is 217 Å². The molecule has 0 aliphatic carbocycles. The lowest BCUT2D eigenvalue weighted by Gasteiger charge is -2.49. The van der Waals surface area contributed by atoms with Gasteiger partial charge in [0.25, 0.3) is 11.8 Å². The van der Waals surface area contributed by atoms with E-state index in [1.54, 1.807) is 0 Å². The van der Waals surface area contributed by atoms with Gasteiger partial charge in [-0.2, -0.15) is 0 Å². The van der Waals surface area contributed by atoms with Crippen molar-refractivity contribution in [3.8, 4) is 0 Å². The minimum Gasteiger partial charge on any atom is -0.477 e. The van der Waals surface area contributed by atoms with Gasteiger partial charge in [0, 0.05) is 35.3 Å². The van der Waals surface area contributed by atoms with Crippen LogP contribution in [0, 0.1) is 0 Å². The highest BCUT2D eigenvalue weighted by atomic mass is 32.2. The maximum absolute atomic E-state index is 13.0. The summed E-state index contributed by atoms with van der Waals surface area (Å²) in [5.41, 5.74) is 10.6. The summed E-state index contributed by atoms with van der Waals surface area (Å²) in [6.07, 6.45) is 3.04. The number of β-lactam (4-membered cyclic amide) rings is 1. The topological polar surface area (TPSA) is 210 Å². The number of rotatable bonds is 9. The van der Waals surface area contributed by atoms with Crippen LogP contribution in [-0.4, -0.2) is 83.1 Å². The van der Waals surface area contributed by atoms with Crippen LogP contribution in [0.4, 0.5) is 5.82 Å². The fourth-order valence-corrected chi connectivity index (χ4v) is 6.76. The molecule has 2 aromatic rings. The molecule has 16 heteroatoms. The van der Waals surface area contributed by atoms with E-state index in [2.05, 4.69) is 25.4 Å². The minimum absolute atomic E-state index is 0.0204. The van der Waals surface area contributed by atoms with E-state index in [-0.39, 0.29) is 23.0 Å². The van der Waals surface area contributed by atoms with E-state index in [4.69, 9.17) is 11.5 Å². The Hall–Kier alpha value is -3.34. The number of aliphatic carboxylic acids is 1. The number of anilines is 1. The molecule has 13 nitrogen and oxygen atoms in total. The molecule has 0 bridgehead atoms. The van der Waals surface area contributed by atoms with Gasteiger partial charge in [-0.15, -0.1) is 23.5 Å². The van der Waals surface area contributed by atoms with Crippen LogP contribution < -0.4 is 16.8 Å². The molecule has 7 N–H and O–H groups in total. The molecule has 0 unspecified atom stereocenters. The van der Waals surface area contributed by atoms with Gasteiger partial charge in [-0.1, -0.05) is 23.0 Å². The number of carbonyl (C=O) groups is 3. The molecule has 0 aromatic carbocycles. The highest BCUT2D eigenvalue weighted by molar-refractivity contribution is 8.07. The molecule has 188 valence electrons. The predicted molar refractivity (Wildman–Crippen MR) is 134 cm³/mol. The summed E-state index contributed by atoms with van der Waals surface area (Å²) in [6, 6.07) is 3.44. The average molecular weight is 549 g/mol. The highest BCUT2D eigenvalue weighted by Gasteiger charge is 2.54. The summed E-state index contributed by atoms with van der Waals surface area (Å²) in [7, 11) is 0. The molecular weight excluding hydrogens is 528 g/mol. The molecule has 0 radical (unpaired) electrons. The molecule has 1 fully saturated rings. The second-order valence-corrected chi connectivity index (χ2v) is 10.5. The first-order chi connectivity index (χ1) is 17.3. The van der Waals surface area contributed by atoms with Crippen molar-refractivity contribution in [2.75, 3.05) is 23.8 Å². The number of oxime groups is 1. The third-order valence-corrected chi connectivity index (χ3v) is 8.64. The van der Waals surface area contributed by atoms with Gasteiger partial charge in [0.2, 0.25) is 0 Å². The standard InChI is InChI=1S/C20H20N8O5S3/c21-4-7-34-16-17(24-6-5-23-16)36-10-8-35-19-13(18(30)28(19)14(10)20(31)32)26-15(29)12(27-33)9-2-1-3-11(22)25-9/h1-3,5-6,13,19,33H,4,7-8,21H2,(H2,22,25)(H,26,29)(H,31,32)/b27-12-/t13-,19+/m1/s1. The van der Waals surface area contributed by atoms with E-state index in [1.807, 2.05) is 0 Å². The van der Waals surface area contributed by atoms with Crippen LogP contribution in [0.2, 0.25) is 0 Å². The van der Waals surface area contributed by atoms with Crippen LogP contribution >= 0.6 is 35.3 Å². The summed E-state index contributed by atoms with van der Waals surface area (Å²) in [5, 5.41) is 25.2. The molecule has 4 heterocycles. The van der Waals surface area contributed by atoms with Crippen LogP contribution in [0.3, 0.4) is 0 Å². The number of nitrogen functional groups attached to an aromatic ring is 1. The molecule has 36 heavy (non-hydrogen) atoms. The number of fused-ring (bicyclic) bond motifs is 1. The quantitative estimate of drug-likeness (QED) is 0.0931. The number of hydrogen-bond acceptors (Lipinski definition) is 13. The lowest BCUT2D eigenvalue weighted by molar-refractivity contribution is -0.150. The number of nitrogens with two attached hydrogens (primary N) is 2. The Morgan fingerprint density at radius 2 is 2.03 bits per heavy atom. The smallest absolute Gasteiger partial charge is 0.353 e. The maximum Gasteiger partial charge on any atom is 0.353 e. The largest absolute Gasteiger partial charge is 0.477 e. The summed E-state index contributed by atoms with van der Waals surface area (Å²) in [6.45, 7) is 0.442. The molecule has 2 amide bonds. The van der Waals surface area contributed by atoms with Crippen LogP contribution in [0.25, 0.3) is 0 Å². The Kier molecular flexibility index (Phi) is 7.97. The van der Waals surface area contributed by atoms with Gasteiger partial charge in [-0.05, 0) is 12.1 Å². The number of pyridine rings is 1. The highest BCUT2D eigenvalue weighted by Crippen LogP contribution is 2.45. The van der Waals surface area contributed by atoms with E-state index in [0.29, 0.717) is 27.3 Å². The molecule has 4 rings (SSSR count). The van der Waals surface area contributed by atoms with Gasteiger partial charge in [0.1, 0.15) is 38.7 Å². The van der Waals surface area contributed by atoms with Crippen LogP contribution in [0.1, 0.15) is 5.69 Å². The van der Waals surface area contributed by atoms with Gasteiger partial charge in [-0.25, -0.2) is 19.7 Å². The molecule has 0 saturated carbocycles. The molecule has 1 saturated heterocycles. The number of aromatic nitrogens is 3. The number of amides is 2. The lowest BCUT2D eigenvalue weighted by atomic mass is 10.0. The Bertz CT molecular complexity index is 1270. The Morgan fingerprint density at radius 1 is 1.28 bits per heavy atom. The number of hydrogen-bond donors (Lipinski definition) is 5. The SMILES string of the molecule is NCCSc1nccnc1SC1=C(C(=O)O)N2C(=O)[C@@H](NC(=O)/C(=N\O)c3cccc(N)n3)[C@@H]2SC1. The average Bonchev–Trinajstić information content (AvgIpc) is 2.86. The summed E-state index contributed by atoms with van der Waals surface area (Å²) in [4.78, 5) is 52.0. The summed E-state index contributed by atoms with van der Waals surface area (Å²) in [5.74, 6) is -1.74. The second kappa shape index (κ2) is 11.2. The predicted octanol–water partition coefficient (Wildman–Crippen LogP) is 0.171. The van der Waals surface area contributed by atoms with Crippen molar-refractivity contribution in [1.82, 2.24) is 25.2 Å². The van der Waals surface area contributed by atoms with Gasteiger partial charge in [0.15, 0.2) is 5.71 Å². The first-order valence-electron chi connectivity index (χ1n) is 10.3. The Morgan fingerprint density at radius 3 is 2.69 bits per heavy atom. The van der Waals surface area contributed by atoms with Crippen molar-refractivity contribution in [1.29, 1.82) is 0 Å². The number of nitrogens with zero attached hydrogens (tertiary/aromatic N) is 5. The van der Waals surface area contributed by atoms with E-state index in [0.717, 1.165) is 16.7 Å². The van der Waals surface area contributed by atoms with Crippen molar-refractivity contribution >= 4 is 64.6 Å². The summed E-state index contributed by atoms with van der Waals surface area (Å²) >= 11 is 3.83. The third kappa shape index (κ3) is 5.11. The van der Waals surface area contributed by atoms with E-state index < -0.39 is 34.9 Å². The zero-order valence-corrected chi connectivity index (χ0v) is 20.8. The van der Waals surface area contributed by atoms with Crippen molar-refractivity contribution in [2.45, 2.75) is 21.5 Å². The van der Waals surface area contributed by atoms with E-state index in [9.17, 15) is 24.7 Å². The summed E-state index contributed by atoms with van der Waals surface area (Å²) < 4.78 is 0. The maximum atomic E-state index is 13.0. The zero-order valence-electron chi connectivity index (χ0n) is 18.4. The van der Waals surface area contributed by atoms with Crippen molar-refractivity contribution in [3.63, 3.8) is 0 Å². The molecular formula is C20H20N8O5S3.